The molecular formula is C22H29NO4. The maximum absolute atomic E-state index is 13.5. The van der Waals surface area contributed by atoms with Gasteiger partial charge in [-0.1, -0.05) is 19.9 Å². The van der Waals surface area contributed by atoms with Crippen molar-refractivity contribution in [1.29, 1.82) is 0 Å². The van der Waals surface area contributed by atoms with Crippen molar-refractivity contribution in [2.75, 3.05) is 13.2 Å². The van der Waals surface area contributed by atoms with Crippen LogP contribution >= 0.6 is 0 Å². The van der Waals surface area contributed by atoms with Crippen LogP contribution < -0.4 is 0 Å². The van der Waals surface area contributed by atoms with Crippen LogP contribution in [0.3, 0.4) is 0 Å². The number of carbonyl (C=O) groups is 2. The Morgan fingerprint density at radius 1 is 1.22 bits per heavy atom. The molecule has 8 rings (SSSR count). The summed E-state index contributed by atoms with van der Waals surface area (Å²) in [5, 5.41) is 9.65. The fourth-order valence-corrected chi connectivity index (χ4v) is 8.84. The average Bonchev–Trinajstić information content (AvgIpc) is 2.68. The quantitative estimate of drug-likeness (QED) is 0.757. The van der Waals surface area contributed by atoms with E-state index in [9.17, 15) is 14.7 Å². The molecule has 8 aliphatic rings. The molecule has 7 bridgehead atoms. The molecule has 0 aromatic carbocycles. The minimum Gasteiger partial charge on any atom is -0.395 e. The van der Waals surface area contributed by atoms with Crippen LogP contribution in [-0.2, 0) is 14.3 Å². The zero-order valence-corrected chi connectivity index (χ0v) is 16.1. The highest BCUT2D eigenvalue weighted by Gasteiger charge is 2.80. The van der Waals surface area contributed by atoms with E-state index < -0.39 is 5.41 Å². The molecule has 5 saturated carbocycles. The number of rotatable bonds is 2. The number of fused-ring (bicyclic) bond motifs is 2. The van der Waals surface area contributed by atoms with E-state index in [0.717, 1.165) is 50.5 Å². The number of aliphatic hydroxyl groups is 1. The molecule has 3 saturated heterocycles. The minimum absolute atomic E-state index is 0.0404. The molecule has 8 atom stereocenters. The van der Waals surface area contributed by atoms with Gasteiger partial charge in [-0.05, 0) is 61.9 Å². The van der Waals surface area contributed by atoms with Gasteiger partial charge < -0.3 is 14.7 Å². The Hall–Kier alpha value is -1.20. The van der Waals surface area contributed by atoms with Gasteiger partial charge in [0.25, 0.3) is 0 Å². The molecule has 5 nitrogen and oxygen atoms in total. The monoisotopic (exact) mass is 371 g/mol. The molecule has 8 fully saturated rings. The highest BCUT2D eigenvalue weighted by molar-refractivity contribution is 6.02. The second kappa shape index (κ2) is 4.85. The van der Waals surface area contributed by atoms with E-state index in [1.54, 1.807) is 0 Å². The highest BCUT2D eigenvalue weighted by Crippen LogP contribution is 2.77. The van der Waals surface area contributed by atoms with Crippen LogP contribution in [0.1, 0.15) is 51.9 Å². The first-order valence-corrected chi connectivity index (χ1v) is 10.7. The van der Waals surface area contributed by atoms with Gasteiger partial charge in [0.15, 0.2) is 5.78 Å². The number of hydrogen-bond donors (Lipinski definition) is 1. The summed E-state index contributed by atoms with van der Waals surface area (Å²) in [6.45, 7) is 6.61. The normalized spacial score (nSPS) is 55.1. The van der Waals surface area contributed by atoms with Crippen LogP contribution in [0.5, 0.6) is 0 Å². The van der Waals surface area contributed by atoms with Crippen molar-refractivity contribution >= 4 is 11.7 Å². The van der Waals surface area contributed by atoms with Crippen LogP contribution in [0.25, 0.3) is 0 Å². The third-order valence-corrected chi connectivity index (χ3v) is 9.78. The molecule has 0 unspecified atom stereocenters. The lowest BCUT2D eigenvalue weighted by atomic mass is 9.32. The van der Waals surface area contributed by atoms with E-state index in [2.05, 4.69) is 13.5 Å². The second-order valence-electron chi connectivity index (χ2n) is 10.3. The zero-order chi connectivity index (χ0) is 18.8. The number of amides is 1. The number of allylic oxidation sites excluding steroid dienone is 1. The minimum atomic E-state index is -0.400. The largest absolute Gasteiger partial charge is 0.395 e. The summed E-state index contributed by atoms with van der Waals surface area (Å²) in [7, 11) is 0. The lowest BCUT2D eigenvalue weighted by molar-refractivity contribution is -0.369. The third kappa shape index (κ3) is 1.53. The molecular weight excluding hydrogens is 342 g/mol. The van der Waals surface area contributed by atoms with Gasteiger partial charge in [0.05, 0.1) is 23.5 Å². The first-order valence-electron chi connectivity index (χ1n) is 10.7. The van der Waals surface area contributed by atoms with Crippen LogP contribution in [0.2, 0.25) is 0 Å². The average molecular weight is 371 g/mol. The summed E-state index contributed by atoms with van der Waals surface area (Å²) in [5.74, 6) is 1.35. The maximum Gasteiger partial charge on any atom is 0.230 e. The summed E-state index contributed by atoms with van der Waals surface area (Å²) >= 11 is 0. The van der Waals surface area contributed by atoms with E-state index in [-0.39, 0.29) is 41.5 Å². The number of hydrogen-bond acceptors (Lipinski definition) is 4. The molecule has 5 aliphatic carbocycles. The first kappa shape index (κ1) is 16.7. The van der Waals surface area contributed by atoms with E-state index in [1.807, 2.05) is 4.90 Å². The molecule has 0 aromatic rings. The number of Topliss-reactive ketones (excluding diaryl/α,β-unsaturated/α-hetero) is 1. The van der Waals surface area contributed by atoms with Crippen molar-refractivity contribution in [3.8, 4) is 0 Å². The predicted molar refractivity (Wildman–Crippen MR) is 97.4 cm³/mol. The fraction of sp³-hybridized carbons (Fsp3) is 0.818. The van der Waals surface area contributed by atoms with Gasteiger partial charge in [0.2, 0.25) is 5.91 Å². The zero-order valence-electron chi connectivity index (χ0n) is 16.1. The van der Waals surface area contributed by atoms with Crippen molar-refractivity contribution in [3.05, 3.63) is 12.2 Å². The van der Waals surface area contributed by atoms with E-state index in [0.29, 0.717) is 24.3 Å². The third-order valence-electron chi connectivity index (χ3n) is 9.78. The Labute approximate surface area is 160 Å². The molecule has 1 amide bonds. The molecule has 2 spiro atoms. The summed E-state index contributed by atoms with van der Waals surface area (Å²) in [6, 6.07) is 0. The Bertz CT molecular complexity index is 778. The second-order valence-corrected chi connectivity index (χ2v) is 10.3. The Balaban J connectivity index is 1.56. The van der Waals surface area contributed by atoms with Crippen molar-refractivity contribution in [2.45, 2.75) is 64.2 Å². The molecule has 146 valence electrons. The summed E-state index contributed by atoms with van der Waals surface area (Å²) in [5.41, 5.74) is -0.0657. The molecule has 3 heterocycles. The molecule has 1 N–H and O–H groups in total. The number of β-amino-alcohol motifs (C(OH)–C–C–N with tert-alkyl or cyclic N) is 1. The van der Waals surface area contributed by atoms with E-state index >= 15 is 0 Å². The number of aliphatic hydroxyl groups excluding tert-OH is 1. The number of carbonyl (C=O) groups excluding carboxylic acids is 2. The number of ether oxygens (including phenoxy) is 1. The van der Waals surface area contributed by atoms with Gasteiger partial charge in [-0.25, -0.2) is 0 Å². The SMILES string of the molecule is C=C1C(=O)[C@]23CC[C@H]1C[C@H]2[C@@]12CCC[C@@]4(C)C(=O)N(CCO)[C@H]1O[C@@H]3C[C@@H]24. The van der Waals surface area contributed by atoms with Crippen molar-refractivity contribution in [1.82, 2.24) is 4.90 Å². The summed E-state index contributed by atoms with van der Waals surface area (Å²) < 4.78 is 6.65. The van der Waals surface area contributed by atoms with Gasteiger partial charge in [0, 0.05) is 12.0 Å². The number of ketones is 1. The van der Waals surface area contributed by atoms with Crippen LogP contribution in [0.4, 0.5) is 0 Å². The van der Waals surface area contributed by atoms with E-state index in [1.165, 1.54) is 0 Å². The van der Waals surface area contributed by atoms with Gasteiger partial charge in [-0.2, -0.15) is 0 Å². The number of piperidine rings is 1. The lowest BCUT2D eigenvalue weighted by Crippen LogP contribution is -2.82. The van der Waals surface area contributed by atoms with Crippen molar-refractivity contribution < 1.29 is 19.4 Å². The maximum atomic E-state index is 13.5. The Kier molecular flexibility index (Phi) is 3.01. The molecule has 27 heavy (non-hydrogen) atoms. The van der Waals surface area contributed by atoms with Crippen molar-refractivity contribution in [2.24, 2.45) is 34.0 Å². The van der Waals surface area contributed by atoms with E-state index in [4.69, 9.17) is 4.74 Å². The van der Waals surface area contributed by atoms with Gasteiger partial charge in [0.1, 0.15) is 6.23 Å². The topological polar surface area (TPSA) is 66.8 Å². The van der Waals surface area contributed by atoms with Gasteiger partial charge in [-0.3, -0.25) is 9.59 Å². The van der Waals surface area contributed by atoms with Gasteiger partial charge in [-0.15, -0.1) is 0 Å². The molecule has 0 aromatic heterocycles. The Morgan fingerprint density at radius 2 is 2.04 bits per heavy atom. The summed E-state index contributed by atoms with van der Waals surface area (Å²) in [6.07, 6.45) is 6.49. The fourth-order valence-electron chi connectivity index (χ4n) is 8.84. The standard InChI is InChI=1S/C22H29NO4/c1-12-13-4-7-22(17(12)25)15(10-13)21-6-3-5-20(2)14(21)11-16(22)27-19(21)23(8-9-24)18(20)26/h13-16,19,24H,1,3-11H2,2H3/t13-,14+,15-,16+,19-,20+,21-,22+/m0/s1. The lowest BCUT2D eigenvalue weighted by Gasteiger charge is -2.77. The van der Waals surface area contributed by atoms with Crippen LogP contribution in [0, 0.1) is 34.0 Å². The molecule has 5 heteroatoms. The van der Waals surface area contributed by atoms with Crippen LogP contribution in [0.15, 0.2) is 12.2 Å². The predicted octanol–water partition coefficient (Wildman–Crippen LogP) is 2.28. The first-order chi connectivity index (χ1) is 12.9. The van der Waals surface area contributed by atoms with Crippen LogP contribution in [-0.4, -0.2) is 47.2 Å². The van der Waals surface area contributed by atoms with Crippen molar-refractivity contribution in [3.63, 3.8) is 0 Å². The summed E-state index contributed by atoms with van der Waals surface area (Å²) in [4.78, 5) is 28.7. The smallest absolute Gasteiger partial charge is 0.230 e. The number of nitrogens with zero attached hydrogens (tertiary/aromatic N) is 1. The highest BCUT2D eigenvalue weighted by atomic mass is 16.5. The number of likely N-dealkylation sites (tertiary alicyclic amines) is 1. The van der Waals surface area contributed by atoms with Gasteiger partial charge >= 0.3 is 0 Å². The molecule has 0 radical (unpaired) electrons. The Morgan fingerprint density at radius 3 is 2.81 bits per heavy atom. The molecule has 3 aliphatic heterocycles.